The third kappa shape index (κ3) is 21.6. The Morgan fingerprint density at radius 2 is 0.882 bits per heavy atom. The highest BCUT2D eigenvalue weighted by Gasteiger charge is 2.46. The van der Waals surface area contributed by atoms with Gasteiger partial charge in [0, 0.05) is 49.3 Å². The van der Waals surface area contributed by atoms with Gasteiger partial charge in [-0.2, -0.15) is 0 Å². The maximum atomic E-state index is 15.0. The number of hydrogen-bond donors (Lipinski definition) is 6. The van der Waals surface area contributed by atoms with Gasteiger partial charge in [0.15, 0.2) is 0 Å². The van der Waals surface area contributed by atoms with Gasteiger partial charge < -0.3 is 65.8 Å². The summed E-state index contributed by atoms with van der Waals surface area (Å²) >= 11 is 0. The first-order valence-electron chi connectivity index (χ1n) is 30.2. The molecule has 24 nitrogen and oxygen atoms in total. The number of nitrogens with zero attached hydrogens (tertiary/aromatic N) is 7. The van der Waals surface area contributed by atoms with Crippen molar-refractivity contribution >= 4 is 65.0 Å². The standard InChI is InChI=1S/C61H109N11O13/c1-24-26-27-38(13)51(75)50-55(79)64-42(25-2)57(81)66(17)32-47(74)67(18)43(28-33(3)4)54(78)65-48(37(11)12)60(84)68(19)44(29-34(5)6)53(77)62-39(14)52(76)63-40(15)56(80)69(20)45(30-35(7)8)58(82)70(21)46(31-36(9)10)59(83)71(22)49(41(16)73)61(85)72(50)23/h24,26,33-46,48-51,73,75H,25,27-32H2,1-23H3,(H,62,77)(H,63,76)(H,64,79)(H,65,78)/b26-24+/t38-,39+,40-,41-,42+,43+,44+,45+,46+,48+,49+,50+,51-/m1/s1. The first-order chi connectivity index (χ1) is 39.2. The van der Waals surface area contributed by atoms with Crippen LogP contribution in [0.1, 0.15) is 149 Å². The highest BCUT2D eigenvalue weighted by molar-refractivity contribution is 5.99. The highest BCUT2D eigenvalue weighted by Crippen LogP contribution is 2.25. The number of nitrogens with one attached hydrogen (secondary N) is 4. The van der Waals surface area contributed by atoms with Gasteiger partial charge in [0.25, 0.3) is 0 Å². The van der Waals surface area contributed by atoms with Crippen molar-refractivity contribution in [3.8, 4) is 0 Å². The molecule has 6 N–H and O–H groups in total. The first kappa shape index (κ1) is 76.8. The number of amides is 11. The van der Waals surface area contributed by atoms with Crippen molar-refractivity contribution in [1.82, 2.24) is 55.6 Å². The fourth-order valence-electron chi connectivity index (χ4n) is 10.5. The summed E-state index contributed by atoms with van der Waals surface area (Å²) in [6.07, 6.45) is 1.06. The maximum Gasteiger partial charge on any atom is 0.248 e. The van der Waals surface area contributed by atoms with Crippen molar-refractivity contribution in [2.24, 2.45) is 35.5 Å². The van der Waals surface area contributed by atoms with Gasteiger partial charge in [-0.15, -0.1) is 0 Å². The van der Waals surface area contributed by atoms with Crippen molar-refractivity contribution in [2.75, 3.05) is 55.9 Å². The number of aliphatic hydroxyl groups excluding tert-OH is 2. The van der Waals surface area contributed by atoms with Gasteiger partial charge in [0.1, 0.15) is 60.4 Å². The van der Waals surface area contributed by atoms with Crippen LogP contribution < -0.4 is 21.3 Å². The lowest BCUT2D eigenvalue weighted by Crippen LogP contribution is -2.64. The van der Waals surface area contributed by atoms with Gasteiger partial charge in [-0.1, -0.05) is 95.2 Å². The Balaban J connectivity index is 4.32. The molecule has 1 aliphatic rings. The molecule has 13 atom stereocenters. The largest absolute Gasteiger partial charge is 0.391 e. The summed E-state index contributed by atoms with van der Waals surface area (Å²) in [4.78, 5) is 167. The van der Waals surface area contributed by atoms with E-state index in [4.69, 9.17) is 0 Å². The maximum absolute atomic E-state index is 15.0. The third-order valence-electron chi connectivity index (χ3n) is 15.9. The van der Waals surface area contributed by atoms with E-state index in [0.29, 0.717) is 0 Å². The summed E-state index contributed by atoms with van der Waals surface area (Å²) in [5.74, 6) is -10.0. The van der Waals surface area contributed by atoms with Gasteiger partial charge in [0.2, 0.25) is 65.0 Å². The molecule has 486 valence electrons. The fourth-order valence-corrected chi connectivity index (χ4v) is 10.5. The van der Waals surface area contributed by atoms with Crippen LogP contribution in [0.15, 0.2) is 12.2 Å². The predicted molar refractivity (Wildman–Crippen MR) is 325 cm³/mol. The Labute approximate surface area is 507 Å². The molecule has 1 saturated heterocycles. The number of rotatable bonds is 15. The van der Waals surface area contributed by atoms with Crippen molar-refractivity contribution in [1.29, 1.82) is 0 Å². The number of carbonyl (C=O) groups is 11. The lowest BCUT2D eigenvalue weighted by Gasteiger charge is -2.41. The molecule has 0 aromatic heterocycles. The van der Waals surface area contributed by atoms with Crippen LogP contribution in [0.2, 0.25) is 0 Å². The van der Waals surface area contributed by atoms with Crippen LogP contribution in [0.3, 0.4) is 0 Å². The quantitative estimate of drug-likeness (QED) is 0.128. The second kappa shape index (κ2) is 34.8. The van der Waals surface area contributed by atoms with Crippen molar-refractivity contribution in [2.45, 2.75) is 222 Å². The van der Waals surface area contributed by atoms with E-state index in [1.807, 2.05) is 55.4 Å². The van der Waals surface area contributed by atoms with Gasteiger partial charge in [-0.05, 0) is 102 Å². The Morgan fingerprint density at radius 3 is 1.33 bits per heavy atom. The Morgan fingerprint density at radius 1 is 0.471 bits per heavy atom. The Hall–Kier alpha value is -6.17. The summed E-state index contributed by atoms with van der Waals surface area (Å²) < 4.78 is 0. The van der Waals surface area contributed by atoms with Crippen molar-refractivity contribution in [3.05, 3.63) is 12.2 Å². The van der Waals surface area contributed by atoms with Crippen LogP contribution in [0.5, 0.6) is 0 Å². The van der Waals surface area contributed by atoms with Crippen LogP contribution >= 0.6 is 0 Å². The predicted octanol–water partition coefficient (Wildman–Crippen LogP) is 1.99. The second-order valence-electron chi connectivity index (χ2n) is 25.6. The number of hydrogen-bond acceptors (Lipinski definition) is 13. The summed E-state index contributed by atoms with van der Waals surface area (Å²) in [5, 5.41) is 34.3. The molecule has 24 heteroatoms. The molecule has 0 aromatic carbocycles. The molecule has 0 unspecified atom stereocenters. The molecule has 0 saturated carbocycles. The number of aliphatic hydroxyl groups is 2. The van der Waals surface area contributed by atoms with E-state index in [1.165, 1.54) is 89.7 Å². The van der Waals surface area contributed by atoms with Crippen LogP contribution in [-0.2, 0) is 52.7 Å². The van der Waals surface area contributed by atoms with Gasteiger partial charge in [-0.25, -0.2) is 0 Å². The minimum atomic E-state index is -1.72. The summed E-state index contributed by atoms with van der Waals surface area (Å²) in [6, 6.07) is -13.2. The van der Waals surface area contributed by atoms with Gasteiger partial charge >= 0.3 is 0 Å². The van der Waals surface area contributed by atoms with Gasteiger partial charge in [-0.3, -0.25) is 52.7 Å². The zero-order valence-electron chi connectivity index (χ0n) is 55.5. The Bertz CT molecular complexity index is 2330. The molecule has 0 radical (unpaired) electrons. The van der Waals surface area contributed by atoms with E-state index in [1.54, 1.807) is 46.8 Å². The normalized spacial score (nSPS) is 27.2. The average Bonchev–Trinajstić information content (AvgIpc) is 3.62. The summed E-state index contributed by atoms with van der Waals surface area (Å²) in [7, 11) is 9.49. The molecule has 0 aromatic rings. The third-order valence-corrected chi connectivity index (χ3v) is 15.9. The summed E-state index contributed by atoms with van der Waals surface area (Å²) in [5.41, 5.74) is 0. The van der Waals surface area contributed by atoms with E-state index in [2.05, 4.69) is 21.3 Å². The minimum absolute atomic E-state index is 0.0171. The molecular formula is C61H109N11O13. The zero-order valence-corrected chi connectivity index (χ0v) is 55.5. The lowest BCUT2D eigenvalue weighted by atomic mass is 9.92. The smallest absolute Gasteiger partial charge is 0.248 e. The number of likely N-dealkylation sites (N-methyl/N-ethyl adjacent to an activating group) is 7. The zero-order chi connectivity index (χ0) is 66.0. The van der Waals surface area contributed by atoms with Crippen LogP contribution in [-0.4, -0.2) is 238 Å². The van der Waals surface area contributed by atoms with E-state index < -0.39 is 156 Å². The molecule has 11 amide bonds. The van der Waals surface area contributed by atoms with E-state index in [9.17, 15) is 63.0 Å². The minimum Gasteiger partial charge on any atom is -0.391 e. The second-order valence-corrected chi connectivity index (χ2v) is 25.6. The molecule has 1 aliphatic heterocycles. The van der Waals surface area contributed by atoms with E-state index >= 15 is 0 Å². The molecule has 1 heterocycles. The first-order valence-corrected chi connectivity index (χ1v) is 30.2. The van der Waals surface area contributed by atoms with Crippen LogP contribution in [0, 0.1) is 35.5 Å². The fraction of sp³-hybridized carbons (Fsp3) is 0.787. The molecule has 0 bridgehead atoms. The molecule has 0 spiro atoms. The van der Waals surface area contributed by atoms with E-state index in [0.717, 1.165) is 14.7 Å². The van der Waals surface area contributed by atoms with Crippen molar-refractivity contribution < 1.29 is 63.0 Å². The molecule has 1 fully saturated rings. The highest BCUT2D eigenvalue weighted by atomic mass is 16.3. The van der Waals surface area contributed by atoms with Crippen molar-refractivity contribution in [3.63, 3.8) is 0 Å². The van der Waals surface area contributed by atoms with Crippen LogP contribution in [0.25, 0.3) is 0 Å². The molecule has 85 heavy (non-hydrogen) atoms. The molecule has 1 rings (SSSR count). The molecule has 0 aliphatic carbocycles. The molecular weight excluding hydrogens is 1090 g/mol. The monoisotopic (exact) mass is 1200 g/mol. The van der Waals surface area contributed by atoms with Crippen LogP contribution in [0.4, 0.5) is 0 Å². The average molecular weight is 1200 g/mol. The lowest BCUT2D eigenvalue weighted by molar-refractivity contribution is -0.159. The Kier molecular flexibility index (Phi) is 31.5. The number of carbonyl (C=O) groups excluding carboxylic acids is 11. The van der Waals surface area contributed by atoms with E-state index in [-0.39, 0.29) is 62.2 Å². The topological polar surface area (TPSA) is 299 Å². The number of allylic oxidation sites excluding steroid dienone is 2. The van der Waals surface area contributed by atoms with Gasteiger partial charge in [0.05, 0.1) is 18.8 Å². The summed E-state index contributed by atoms with van der Waals surface area (Å²) in [6.45, 7) is 26.8. The SMILES string of the molecule is C/C=C/C[C@@H](C)[C@@H](O)[C@H]1C(=O)N[C@@H](CC)C(=O)N(C)CC(=O)N(C)[C@@H](CC(C)C)C(=O)N[C@@H](C(C)C)C(=O)N(C)[C@@H](CC(C)C)C(=O)N[C@@H](C)C(=O)N[C@H](C)C(=O)N(C)[C@@H](CC(C)C)C(=O)N(C)[C@@H](CC(C)C)C(=O)N(C)[C@@H]([C@@H](C)O)C(=O)N1C.